The molecule has 3 unspecified atom stereocenters. The number of carbonyl (C=O) groups is 2. The fraction of sp³-hybridized carbons (Fsp3) is 0.882. The van der Waals surface area contributed by atoms with E-state index in [2.05, 4.69) is 0 Å². The van der Waals surface area contributed by atoms with Crippen molar-refractivity contribution < 1.29 is 14.7 Å². The van der Waals surface area contributed by atoms with Gasteiger partial charge in [-0.05, 0) is 62.7 Å². The molecule has 0 saturated heterocycles. The zero-order chi connectivity index (χ0) is 15.0. The molecule has 0 spiro atoms. The van der Waals surface area contributed by atoms with Crippen LogP contribution >= 0.6 is 0 Å². The van der Waals surface area contributed by atoms with Crippen molar-refractivity contribution in [2.24, 2.45) is 29.6 Å². The molecule has 3 aliphatic rings. The fourth-order valence-corrected chi connectivity index (χ4v) is 4.94. The van der Waals surface area contributed by atoms with Crippen molar-refractivity contribution in [2.45, 2.75) is 51.4 Å². The first-order chi connectivity index (χ1) is 10.0. The molecule has 0 aliphatic heterocycles. The second-order valence-corrected chi connectivity index (χ2v) is 7.54. The fourth-order valence-electron chi connectivity index (χ4n) is 4.94. The first-order valence-corrected chi connectivity index (χ1v) is 8.52. The van der Waals surface area contributed by atoms with Gasteiger partial charge >= 0.3 is 5.97 Å². The van der Waals surface area contributed by atoms with Gasteiger partial charge in [-0.1, -0.05) is 6.42 Å². The summed E-state index contributed by atoms with van der Waals surface area (Å²) in [7, 11) is 1.94. The zero-order valence-electron chi connectivity index (χ0n) is 13.0. The molecule has 21 heavy (non-hydrogen) atoms. The maximum Gasteiger partial charge on any atom is 0.306 e. The lowest BCUT2D eigenvalue weighted by Crippen LogP contribution is -2.39. The number of carboxylic acids is 1. The van der Waals surface area contributed by atoms with E-state index >= 15 is 0 Å². The van der Waals surface area contributed by atoms with Gasteiger partial charge in [-0.25, -0.2) is 0 Å². The molecule has 2 bridgehead atoms. The van der Waals surface area contributed by atoms with Crippen LogP contribution in [0.5, 0.6) is 0 Å². The number of hydrogen-bond donors (Lipinski definition) is 1. The van der Waals surface area contributed by atoms with E-state index in [1.54, 1.807) is 0 Å². The van der Waals surface area contributed by atoms with Gasteiger partial charge in [-0.15, -0.1) is 0 Å². The lowest BCUT2D eigenvalue weighted by atomic mass is 9.81. The summed E-state index contributed by atoms with van der Waals surface area (Å²) < 4.78 is 0. The number of carbonyl (C=O) groups excluding carboxylic acids is 1. The summed E-state index contributed by atoms with van der Waals surface area (Å²) in [6.07, 6.45) is 8.28. The molecule has 4 heteroatoms. The Labute approximate surface area is 126 Å². The van der Waals surface area contributed by atoms with Gasteiger partial charge in [0.25, 0.3) is 0 Å². The highest BCUT2D eigenvalue weighted by molar-refractivity contribution is 5.79. The van der Waals surface area contributed by atoms with Crippen LogP contribution in [0, 0.1) is 29.6 Å². The van der Waals surface area contributed by atoms with E-state index < -0.39 is 5.97 Å². The molecule has 118 valence electrons. The van der Waals surface area contributed by atoms with Gasteiger partial charge in [0, 0.05) is 19.5 Å². The van der Waals surface area contributed by atoms with Gasteiger partial charge in [-0.3, -0.25) is 9.59 Å². The number of aliphatic carboxylic acids is 1. The Balaban J connectivity index is 1.48. The maximum absolute atomic E-state index is 12.5. The highest BCUT2D eigenvalue weighted by atomic mass is 16.4. The van der Waals surface area contributed by atoms with Crippen LogP contribution in [-0.4, -0.2) is 35.5 Å². The Morgan fingerprint density at radius 3 is 2.19 bits per heavy atom. The molecule has 4 nitrogen and oxygen atoms in total. The highest BCUT2D eigenvalue weighted by Gasteiger charge is 2.40. The van der Waals surface area contributed by atoms with Gasteiger partial charge in [0.15, 0.2) is 0 Å². The third-order valence-electron chi connectivity index (χ3n) is 6.19. The summed E-state index contributed by atoms with van der Waals surface area (Å²) in [6.45, 7) is 0.916. The normalized spacial score (nSPS) is 38.4. The van der Waals surface area contributed by atoms with E-state index in [9.17, 15) is 9.59 Å². The Hall–Kier alpha value is -1.06. The third kappa shape index (κ3) is 3.09. The van der Waals surface area contributed by atoms with Gasteiger partial charge in [0.2, 0.25) is 5.91 Å². The molecule has 3 fully saturated rings. The van der Waals surface area contributed by atoms with Gasteiger partial charge < -0.3 is 10.0 Å². The molecule has 3 aliphatic carbocycles. The Kier molecular flexibility index (Phi) is 4.23. The smallest absolute Gasteiger partial charge is 0.306 e. The molecule has 1 N–H and O–H groups in total. The molecular formula is C17H27NO3. The molecule has 0 aromatic heterocycles. The molecular weight excluding hydrogens is 266 g/mol. The summed E-state index contributed by atoms with van der Waals surface area (Å²) in [5, 5.41) is 9.03. The number of hydrogen-bond acceptors (Lipinski definition) is 2. The summed E-state index contributed by atoms with van der Waals surface area (Å²) >= 11 is 0. The second-order valence-electron chi connectivity index (χ2n) is 7.54. The molecule has 3 rings (SSSR count). The molecule has 0 aromatic carbocycles. The quantitative estimate of drug-likeness (QED) is 0.867. The van der Waals surface area contributed by atoms with Gasteiger partial charge in [-0.2, -0.15) is 0 Å². The number of carboxylic acid groups (broad SMARTS) is 1. The van der Waals surface area contributed by atoms with Gasteiger partial charge in [0.1, 0.15) is 0 Å². The monoisotopic (exact) mass is 293 g/mol. The van der Waals surface area contributed by atoms with Crippen molar-refractivity contribution in [3.05, 3.63) is 0 Å². The average molecular weight is 293 g/mol. The summed E-state index contributed by atoms with van der Waals surface area (Å²) in [5.41, 5.74) is 0. The van der Waals surface area contributed by atoms with Crippen LogP contribution in [-0.2, 0) is 9.59 Å². The summed E-state index contributed by atoms with van der Waals surface area (Å²) in [5.74, 6) is 1.88. The minimum atomic E-state index is -0.698. The van der Waals surface area contributed by atoms with E-state index in [-0.39, 0.29) is 17.7 Å². The maximum atomic E-state index is 12.5. The lowest BCUT2D eigenvalue weighted by molar-refractivity contribution is -0.145. The zero-order valence-corrected chi connectivity index (χ0v) is 13.0. The average Bonchev–Trinajstić information content (AvgIpc) is 3.09. The van der Waals surface area contributed by atoms with Crippen molar-refractivity contribution >= 4 is 11.9 Å². The lowest BCUT2D eigenvalue weighted by Gasteiger charge is -2.32. The number of rotatable bonds is 4. The number of amides is 1. The first-order valence-electron chi connectivity index (χ1n) is 8.52. The standard InChI is InChI=1S/C17H27NO3/c1-18(10-15-9-11-2-3-14(15)8-11)16(19)12-4-6-13(7-5-12)17(20)21/h11-15H,2-10H2,1H3,(H,20,21). The second kappa shape index (κ2) is 5.98. The van der Waals surface area contributed by atoms with E-state index in [1.165, 1.54) is 25.7 Å². The Bertz CT molecular complexity index is 414. The van der Waals surface area contributed by atoms with Crippen LogP contribution < -0.4 is 0 Å². The number of fused-ring (bicyclic) bond motifs is 2. The minimum Gasteiger partial charge on any atom is -0.481 e. The van der Waals surface area contributed by atoms with E-state index in [1.807, 2.05) is 11.9 Å². The van der Waals surface area contributed by atoms with Crippen LogP contribution in [0.25, 0.3) is 0 Å². The van der Waals surface area contributed by atoms with E-state index in [4.69, 9.17) is 5.11 Å². The van der Waals surface area contributed by atoms with Crippen molar-refractivity contribution in [1.82, 2.24) is 4.90 Å². The van der Waals surface area contributed by atoms with E-state index in [0.29, 0.717) is 18.8 Å². The predicted molar refractivity (Wildman–Crippen MR) is 79.7 cm³/mol. The molecule has 0 radical (unpaired) electrons. The van der Waals surface area contributed by atoms with Crippen molar-refractivity contribution in [3.8, 4) is 0 Å². The van der Waals surface area contributed by atoms with Crippen molar-refractivity contribution in [2.75, 3.05) is 13.6 Å². The largest absolute Gasteiger partial charge is 0.481 e. The Morgan fingerprint density at radius 1 is 1.00 bits per heavy atom. The third-order valence-corrected chi connectivity index (χ3v) is 6.19. The number of nitrogens with zero attached hydrogens (tertiary/aromatic N) is 1. The van der Waals surface area contributed by atoms with E-state index in [0.717, 1.165) is 31.2 Å². The summed E-state index contributed by atoms with van der Waals surface area (Å²) in [4.78, 5) is 25.5. The topological polar surface area (TPSA) is 57.6 Å². The van der Waals surface area contributed by atoms with Crippen molar-refractivity contribution in [1.29, 1.82) is 0 Å². The van der Waals surface area contributed by atoms with Crippen LogP contribution in [0.15, 0.2) is 0 Å². The Morgan fingerprint density at radius 2 is 1.67 bits per heavy atom. The SMILES string of the molecule is CN(CC1CC2CCC1C2)C(=O)C1CCC(C(=O)O)CC1. The molecule has 3 atom stereocenters. The van der Waals surface area contributed by atoms with Crippen LogP contribution in [0.4, 0.5) is 0 Å². The molecule has 0 aromatic rings. The summed E-state index contributed by atoms with van der Waals surface area (Å²) in [6, 6.07) is 0. The van der Waals surface area contributed by atoms with Crippen LogP contribution in [0.2, 0.25) is 0 Å². The van der Waals surface area contributed by atoms with Crippen LogP contribution in [0.1, 0.15) is 51.4 Å². The van der Waals surface area contributed by atoms with Gasteiger partial charge in [0.05, 0.1) is 5.92 Å². The van der Waals surface area contributed by atoms with Crippen molar-refractivity contribution in [3.63, 3.8) is 0 Å². The first kappa shape index (κ1) is 14.9. The molecule has 0 heterocycles. The highest BCUT2D eigenvalue weighted by Crippen LogP contribution is 2.48. The minimum absolute atomic E-state index is 0.0594. The predicted octanol–water partition coefficient (Wildman–Crippen LogP) is 2.77. The van der Waals surface area contributed by atoms with Crippen LogP contribution in [0.3, 0.4) is 0 Å². The molecule has 3 saturated carbocycles. The molecule has 1 amide bonds.